The molecular weight excluding hydrogens is 269 g/mol. The lowest BCUT2D eigenvalue weighted by Crippen LogP contribution is -2.29. The average Bonchev–Trinajstić information content (AvgIpc) is 2.31. The molecule has 1 rings (SSSR count). The highest BCUT2D eigenvalue weighted by Crippen LogP contribution is 2.18. The molecule has 108 valence electrons. The monoisotopic (exact) mass is 290 g/mol. The van der Waals surface area contributed by atoms with Crippen molar-refractivity contribution >= 4 is 8.32 Å². The maximum atomic E-state index is 13.0. The van der Waals surface area contributed by atoms with Gasteiger partial charge in [0, 0.05) is 6.61 Å². The molecule has 1 aromatic rings. The molecule has 0 unspecified atom stereocenters. The van der Waals surface area contributed by atoms with Crippen molar-refractivity contribution in [1.82, 2.24) is 0 Å². The minimum atomic E-state index is -1.58. The van der Waals surface area contributed by atoms with E-state index in [9.17, 15) is 13.2 Å². The Hall–Kier alpha value is -0.813. The zero-order valence-corrected chi connectivity index (χ0v) is 12.7. The molecule has 0 atom stereocenters. The van der Waals surface area contributed by atoms with Gasteiger partial charge in [0.25, 0.3) is 0 Å². The fourth-order valence-corrected chi connectivity index (χ4v) is 4.12. The Bertz CT molecular complexity index is 398. The first-order valence-corrected chi connectivity index (χ1v) is 9.74. The molecular formula is C14H21F3OSi. The largest absolute Gasteiger partial charge is 0.418 e. The number of unbranched alkanes of at least 4 members (excludes halogenated alkanes) is 1. The summed E-state index contributed by atoms with van der Waals surface area (Å²) in [5.74, 6) is -3.62. The Balaban J connectivity index is 2.42. The Labute approximate surface area is 113 Å². The molecule has 5 heteroatoms. The fourth-order valence-electron chi connectivity index (χ4n) is 2.10. The van der Waals surface area contributed by atoms with Crippen LogP contribution in [-0.4, -0.2) is 14.9 Å². The van der Waals surface area contributed by atoms with Gasteiger partial charge in [-0.05, 0) is 56.6 Å². The van der Waals surface area contributed by atoms with Crippen LogP contribution in [0.15, 0.2) is 12.1 Å². The van der Waals surface area contributed by atoms with E-state index in [4.69, 9.17) is 4.43 Å². The molecule has 1 aromatic carbocycles. The Morgan fingerprint density at radius 2 is 1.63 bits per heavy atom. The third-order valence-electron chi connectivity index (χ3n) is 3.07. The summed E-state index contributed by atoms with van der Waals surface area (Å²) in [6, 6.07) is 3.17. The van der Waals surface area contributed by atoms with E-state index in [2.05, 4.69) is 13.1 Å². The van der Waals surface area contributed by atoms with E-state index >= 15 is 0 Å². The van der Waals surface area contributed by atoms with Crippen molar-refractivity contribution in [1.29, 1.82) is 0 Å². The molecule has 19 heavy (non-hydrogen) atoms. The molecule has 0 aliphatic heterocycles. The lowest BCUT2D eigenvalue weighted by Gasteiger charge is -2.21. The second-order valence-corrected chi connectivity index (χ2v) is 9.58. The van der Waals surface area contributed by atoms with Gasteiger partial charge in [-0.3, -0.25) is 0 Å². The van der Waals surface area contributed by atoms with E-state index in [-0.39, 0.29) is 0 Å². The van der Waals surface area contributed by atoms with Crippen LogP contribution in [0.5, 0.6) is 0 Å². The number of hydrogen-bond acceptors (Lipinski definition) is 1. The van der Waals surface area contributed by atoms with Crippen LogP contribution in [0.2, 0.25) is 19.1 Å². The Kier molecular flexibility index (Phi) is 6.07. The van der Waals surface area contributed by atoms with Gasteiger partial charge >= 0.3 is 0 Å². The van der Waals surface area contributed by atoms with Gasteiger partial charge < -0.3 is 4.43 Å². The van der Waals surface area contributed by atoms with Crippen LogP contribution in [0.4, 0.5) is 13.2 Å². The summed E-state index contributed by atoms with van der Waals surface area (Å²) in [5, 5.41) is 0. The Morgan fingerprint density at radius 1 is 1.05 bits per heavy atom. The second-order valence-electron chi connectivity index (χ2n) is 5.27. The summed E-state index contributed by atoms with van der Waals surface area (Å²) >= 11 is 0. The summed E-state index contributed by atoms with van der Waals surface area (Å²) in [7, 11) is -1.58. The van der Waals surface area contributed by atoms with Crippen LogP contribution in [0.25, 0.3) is 0 Å². The van der Waals surface area contributed by atoms with Gasteiger partial charge in [0.15, 0.2) is 25.8 Å². The van der Waals surface area contributed by atoms with E-state index in [0.717, 1.165) is 37.6 Å². The van der Waals surface area contributed by atoms with Gasteiger partial charge in [0.2, 0.25) is 0 Å². The minimum absolute atomic E-state index is 0.507. The Morgan fingerprint density at radius 3 is 2.16 bits per heavy atom. The lowest BCUT2D eigenvalue weighted by molar-refractivity contribution is 0.327. The van der Waals surface area contributed by atoms with Crippen LogP contribution in [0, 0.1) is 17.5 Å². The number of halogens is 3. The van der Waals surface area contributed by atoms with Crippen LogP contribution in [0.1, 0.15) is 25.3 Å². The van der Waals surface area contributed by atoms with Crippen LogP contribution in [0.3, 0.4) is 0 Å². The first-order chi connectivity index (χ1) is 8.85. The van der Waals surface area contributed by atoms with Crippen molar-refractivity contribution in [2.24, 2.45) is 0 Å². The molecule has 0 N–H and O–H groups in total. The predicted molar refractivity (Wildman–Crippen MR) is 73.2 cm³/mol. The summed E-state index contributed by atoms with van der Waals surface area (Å²) in [6.45, 7) is 7.04. The first-order valence-electron chi connectivity index (χ1n) is 6.63. The highest BCUT2D eigenvalue weighted by atomic mass is 28.4. The third kappa shape index (κ3) is 5.36. The topological polar surface area (TPSA) is 9.23 Å². The molecule has 0 heterocycles. The molecule has 1 nitrogen and oxygen atoms in total. The van der Waals surface area contributed by atoms with Crippen molar-refractivity contribution in [2.75, 3.05) is 6.61 Å². The molecule has 0 aromatic heterocycles. The maximum Gasteiger partial charge on any atom is 0.194 e. The zero-order valence-electron chi connectivity index (χ0n) is 11.7. The van der Waals surface area contributed by atoms with E-state index in [1.54, 1.807) is 0 Å². The molecule has 0 saturated heterocycles. The normalized spacial score (nSPS) is 11.9. The molecule has 0 spiro atoms. The van der Waals surface area contributed by atoms with Gasteiger partial charge in [0.05, 0.1) is 0 Å². The molecule has 0 radical (unpaired) electrons. The lowest BCUT2D eigenvalue weighted by atomic mass is 10.1. The van der Waals surface area contributed by atoms with Crippen LogP contribution < -0.4 is 0 Å². The van der Waals surface area contributed by atoms with Crippen molar-refractivity contribution in [3.63, 3.8) is 0 Å². The molecule has 0 saturated carbocycles. The van der Waals surface area contributed by atoms with Crippen LogP contribution in [-0.2, 0) is 10.8 Å². The van der Waals surface area contributed by atoms with E-state index in [0.29, 0.717) is 12.0 Å². The summed E-state index contributed by atoms with van der Waals surface area (Å²) in [4.78, 5) is 0. The fraction of sp³-hybridized carbons (Fsp3) is 0.571. The average molecular weight is 290 g/mol. The highest BCUT2D eigenvalue weighted by molar-refractivity contribution is 6.71. The van der Waals surface area contributed by atoms with Gasteiger partial charge in [-0.15, -0.1) is 0 Å². The summed E-state index contributed by atoms with van der Waals surface area (Å²) in [6.07, 6.45) is 2.35. The molecule has 0 bridgehead atoms. The predicted octanol–water partition coefficient (Wildman–Crippen LogP) is 4.67. The standard InChI is InChI=1S/C14H21F3OSi/c1-4-18-19(2,3)8-6-5-7-11-9-12(15)14(17)13(16)10-11/h9-10H,4-8H2,1-3H3. The van der Waals surface area contributed by atoms with Gasteiger partial charge in [-0.25, -0.2) is 13.2 Å². The molecule has 0 amide bonds. The van der Waals surface area contributed by atoms with Gasteiger partial charge in [-0.2, -0.15) is 0 Å². The van der Waals surface area contributed by atoms with Crippen molar-refractivity contribution in [3.8, 4) is 0 Å². The van der Waals surface area contributed by atoms with Gasteiger partial charge in [-0.1, -0.05) is 6.42 Å². The summed E-state index contributed by atoms with van der Waals surface area (Å²) in [5.41, 5.74) is 0.507. The van der Waals surface area contributed by atoms with Gasteiger partial charge in [0.1, 0.15) is 0 Å². The van der Waals surface area contributed by atoms with Crippen LogP contribution >= 0.6 is 0 Å². The van der Waals surface area contributed by atoms with E-state index in [1.165, 1.54) is 0 Å². The van der Waals surface area contributed by atoms with E-state index in [1.807, 2.05) is 6.92 Å². The number of hydrogen-bond donors (Lipinski definition) is 0. The minimum Gasteiger partial charge on any atom is -0.418 e. The number of aryl methyl sites for hydroxylation is 1. The number of benzene rings is 1. The zero-order chi connectivity index (χ0) is 14.5. The van der Waals surface area contributed by atoms with Crippen molar-refractivity contribution < 1.29 is 17.6 Å². The van der Waals surface area contributed by atoms with Crippen molar-refractivity contribution in [3.05, 3.63) is 35.1 Å². The highest BCUT2D eigenvalue weighted by Gasteiger charge is 2.20. The SMILES string of the molecule is CCO[Si](C)(C)CCCCc1cc(F)c(F)c(F)c1. The summed E-state index contributed by atoms with van der Waals surface area (Å²) < 4.78 is 44.5. The molecule has 0 aliphatic carbocycles. The molecule has 0 aliphatic rings. The quantitative estimate of drug-likeness (QED) is 0.403. The van der Waals surface area contributed by atoms with E-state index < -0.39 is 25.8 Å². The van der Waals surface area contributed by atoms with Crippen molar-refractivity contribution in [2.45, 2.75) is 45.3 Å². The molecule has 0 fully saturated rings. The number of rotatable bonds is 7. The smallest absolute Gasteiger partial charge is 0.194 e. The maximum absolute atomic E-state index is 13.0. The third-order valence-corrected chi connectivity index (χ3v) is 5.70. The second kappa shape index (κ2) is 7.10. The first kappa shape index (κ1) is 16.2.